The molecule has 3 aromatic heterocycles. The monoisotopic (exact) mass is 579 g/mol. The summed E-state index contributed by atoms with van der Waals surface area (Å²) in [4.78, 5) is 52.2. The standard InChI is InChI=1S/C29H28F3N7O3/c1-3-21(40)28(42)39-15-19(5-4-16(39)2)26-37-23(24-25(33)35-12-13-38(24)26)17-6-8-18(9-7-17)27(41)36-22-14-20(10-11-34-22)29(30,31)32/h6-14,16,19H,3-5,15H2,1-2H3,(H2,33,35)(H,34,36,41)/t16-,19+/m0/s1. The van der Waals surface area contributed by atoms with Gasteiger partial charge in [-0.05, 0) is 44.0 Å². The minimum atomic E-state index is -4.57. The van der Waals surface area contributed by atoms with Gasteiger partial charge in [0.1, 0.15) is 28.7 Å². The number of alkyl halides is 3. The van der Waals surface area contributed by atoms with Gasteiger partial charge in [0.25, 0.3) is 11.8 Å². The number of likely N-dealkylation sites (tertiary alicyclic amines) is 1. The second-order valence-corrected chi connectivity index (χ2v) is 10.2. The molecule has 1 fully saturated rings. The number of piperidine rings is 1. The third kappa shape index (κ3) is 5.54. The second kappa shape index (κ2) is 11.2. The van der Waals surface area contributed by atoms with Crippen molar-refractivity contribution in [1.82, 2.24) is 24.3 Å². The van der Waals surface area contributed by atoms with E-state index in [1.54, 1.807) is 36.4 Å². The largest absolute Gasteiger partial charge is 0.416 e. The lowest BCUT2D eigenvalue weighted by atomic mass is 9.92. The summed E-state index contributed by atoms with van der Waals surface area (Å²) >= 11 is 0. The predicted molar refractivity (Wildman–Crippen MR) is 148 cm³/mol. The number of nitrogens with two attached hydrogens (primary N) is 1. The molecule has 42 heavy (non-hydrogen) atoms. The number of carbonyl (C=O) groups is 3. The number of amides is 2. The summed E-state index contributed by atoms with van der Waals surface area (Å²) in [7, 11) is 0. The molecule has 1 aliphatic heterocycles. The van der Waals surface area contributed by atoms with Crippen molar-refractivity contribution in [3.05, 3.63) is 71.9 Å². The Morgan fingerprint density at radius 1 is 1.07 bits per heavy atom. The smallest absolute Gasteiger partial charge is 0.382 e. The van der Waals surface area contributed by atoms with Crippen molar-refractivity contribution < 1.29 is 27.6 Å². The molecular formula is C29H28F3N7O3. The van der Waals surface area contributed by atoms with Gasteiger partial charge in [0.2, 0.25) is 5.78 Å². The normalized spacial score (nSPS) is 17.3. The first-order valence-corrected chi connectivity index (χ1v) is 13.4. The number of nitrogen functional groups attached to an aromatic ring is 1. The molecule has 0 unspecified atom stereocenters. The van der Waals surface area contributed by atoms with Crippen molar-refractivity contribution in [3.63, 3.8) is 0 Å². The molecule has 0 aliphatic carbocycles. The Hall–Kier alpha value is -4.81. The number of hydrogen-bond acceptors (Lipinski definition) is 7. The summed E-state index contributed by atoms with van der Waals surface area (Å²) < 4.78 is 40.9. The number of fused-ring (bicyclic) bond motifs is 1. The lowest BCUT2D eigenvalue weighted by Gasteiger charge is -2.37. The van der Waals surface area contributed by atoms with Gasteiger partial charge >= 0.3 is 6.18 Å². The number of carbonyl (C=O) groups excluding carboxylic acids is 3. The quantitative estimate of drug-likeness (QED) is 0.316. The van der Waals surface area contributed by atoms with Crippen LogP contribution in [0.15, 0.2) is 55.0 Å². The van der Waals surface area contributed by atoms with Crippen LogP contribution in [-0.4, -0.2) is 54.4 Å². The van der Waals surface area contributed by atoms with Crippen molar-refractivity contribution in [2.45, 2.75) is 51.2 Å². The van der Waals surface area contributed by atoms with Crippen molar-refractivity contribution in [2.24, 2.45) is 0 Å². The number of aromatic nitrogens is 4. The second-order valence-electron chi connectivity index (χ2n) is 10.2. The van der Waals surface area contributed by atoms with Gasteiger partial charge in [0, 0.05) is 54.6 Å². The fourth-order valence-corrected chi connectivity index (χ4v) is 5.13. The van der Waals surface area contributed by atoms with Crippen LogP contribution in [-0.2, 0) is 15.8 Å². The number of pyridine rings is 1. The maximum absolute atomic E-state index is 13.0. The van der Waals surface area contributed by atoms with Crippen LogP contribution in [0.5, 0.6) is 0 Å². The number of nitrogens with one attached hydrogen (secondary N) is 1. The topological polar surface area (TPSA) is 136 Å². The fraction of sp³-hybridized carbons (Fsp3) is 0.310. The van der Waals surface area contributed by atoms with Gasteiger partial charge in [-0.3, -0.25) is 18.8 Å². The third-order valence-corrected chi connectivity index (χ3v) is 7.43. The van der Waals surface area contributed by atoms with Crippen molar-refractivity contribution in [2.75, 3.05) is 17.6 Å². The average Bonchev–Trinajstić information content (AvgIpc) is 3.37. The summed E-state index contributed by atoms with van der Waals surface area (Å²) in [5, 5.41) is 2.39. The molecule has 2 atom stereocenters. The summed E-state index contributed by atoms with van der Waals surface area (Å²) in [6, 6.07) is 7.87. The molecule has 1 saturated heterocycles. The Bertz CT molecular complexity index is 1670. The van der Waals surface area contributed by atoms with Gasteiger partial charge in [-0.2, -0.15) is 13.2 Å². The first kappa shape index (κ1) is 28.7. The van der Waals surface area contributed by atoms with E-state index in [0.717, 1.165) is 24.8 Å². The van der Waals surface area contributed by atoms with Gasteiger partial charge in [0.15, 0.2) is 0 Å². The van der Waals surface area contributed by atoms with Crippen molar-refractivity contribution in [3.8, 4) is 11.3 Å². The van der Waals surface area contributed by atoms with Crippen LogP contribution in [0.25, 0.3) is 16.8 Å². The van der Waals surface area contributed by atoms with E-state index in [2.05, 4.69) is 15.3 Å². The number of nitrogens with zero attached hydrogens (tertiary/aromatic N) is 5. The molecule has 13 heteroatoms. The summed E-state index contributed by atoms with van der Waals surface area (Å²) in [5.74, 6) is -1.04. The van der Waals surface area contributed by atoms with E-state index in [4.69, 9.17) is 10.7 Å². The molecule has 0 saturated carbocycles. The van der Waals surface area contributed by atoms with Crippen LogP contribution >= 0.6 is 0 Å². The summed E-state index contributed by atoms with van der Waals surface area (Å²) in [6.07, 6.45) is 1.28. The zero-order chi connectivity index (χ0) is 30.2. The lowest BCUT2D eigenvalue weighted by Crippen LogP contribution is -2.47. The van der Waals surface area contributed by atoms with E-state index in [1.807, 2.05) is 11.3 Å². The first-order chi connectivity index (χ1) is 20.0. The van der Waals surface area contributed by atoms with Crippen LogP contribution in [0.4, 0.5) is 24.8 Å². The zero-order valence-electron chi connectivity index (χ0n) is 22.9. The van der Waals surface area contributed by atoms with Crippen LogP contribution < -0.4 is 11.1 Å². The summed E-state index contributed by atoms with van der Waals surface area (Å²) in [6.45, 7) is 3.91. The van der Waals surface area contributed by atoms with E-state index in [1.165, 1.54) is 12.1 Å². The van der Waals surface area contributed by atoms with E-state index < -0.39 is 29.3 Å². The van der Waals surface area contributed by atoms with E-state index in [9.17, 15) is 27.6 Å². The SMILES string of the molecule is CCC(=O)C(=O)N1C[C@H](c2nc(-c3ccc(C(=O)Nc4cc(C(F)(F)F)ccn4)cc3)c3c(N)nccn23)CC[C@@H]1C. The molecule has 0 bridgehead atoms. The molecule has 4 heterocycles. The van der Waals surface area contributed by atoms with Crippen molar-refractivity contribution in [1.29, 1.82) is 0 Å². The van der Waals surface area contributed by atoms with Gasteiger partial charge < -0.3 is 16.0 Å². The Morgan fingerprint density at radius 2 is 1.81 bits per heavy atom. The Morgan fingerprint density at radius 3 is 2.50 bits per heavy atom. The lowest BCUT2D eigenvalue weighted by molar-refractivity contribution is -0.147. The Kier molecular flexibility index (Phi) is 7.67. The Labute approximate surface area is 238 Å². The predicted octanol–water partition coefficient (Wildman–Crippen LogP) is 4.72. The average molecular weight is 580 g/mol. The number of halogens is 3. The highest BCUT2D eigenvalue weighted by molar-refractivity contribution is 6.36. The van der Waals surface area contributed by atoms with Gasteiger partial charge in [-0.1, -0.05) is 19.1 Å². The third-order valence-electron chi connectivity index (χ3n) is 7.43. The van der Waals surface area contributed by atoms with Gasteiger partial charge in [-0.25, -0.2) is 15.0 Å². The maximum Gasteiger partial charge on any atom is 0.416 e. The number of hydrogen-bond donors (Lipinski definition) is 2. The zero-order valence-corrected chi connectivity index (χ0v) is 22.9. The molecule has 3 N–H and O–H groups in total. The molecule has 0 radical (unpaired) electrons. The molecule has 2 amide bonds. The molecule has 4 aromatic rings. The Balaban J connectivity index is 1.43. The minimum Gasteiger partial charge on any atom is -0.382 e. The number of Topliss-reactive ketones (excluding diaryl/α,β-unsaturated/α-hetero) is 1. The maximum atomic E-state index is 13.0. The summed E-state index contributed by atoms with van der Waals surface area (Å²) in [5.41, 5.74) is 7.24. The fourth-order valence-electron chi connectivity index (χ4n) is 5.13. The van der Waals surface area contributed by atoms with Gasteiger partial charge in [0.05, 0.1) is 5.56 Å². The number of imidazole rings is 1. The minimum absolute atomic E-state index is 0.0773. The highest BCUT2D eigenvalue weighted by Gasteiger charge is 2.35. The van der Waals surface area contributed by atoms with E-state index >= 15 is 0 Å². The highest BCUT2D eigenvalue weighted by Crippen LogP contribution is 2.35. The number of benzene rings is 1. The van der Waals surface area contributed by atoms with Crippen LogP contribution in [0, 0.1) is 0 Å². The van der Waals surface area contributed by atoms with Crippen LogP contribution in [0.3, 0.4) is 0 Å². The number of rotatable bonds is 6. The highest BCUT2D eigenvalue weighted by atomic mass is 19.4. The molecular weight excluding hydrogens is 551 g/mol. The molecule has 0 spiro atoms. The molecule has 1 aliphatic rings. The molecule has 218 valence electrons. The number of anilines is 2. The van der Waals surface area contributed by atoms with E-state index in [-0.39, 0.29) is 35.6 Å². The molecule has 1 aromatic carbocycles. The van der Waals surface area contributed by atoms with Gasteiger partial charge in [-0.15, -0.1) is 0 Å². The number of ketones is 1. The van der Waals surface area contributed by atoms with E-state index in [0.29, 0.717) is 35.6 Å². The molecule has 10 nitrogen and oxygen atoms in total. The first-order valence-electron chi connectivity index (χ1n) is 13.4. The van der Waals surface area contributed by atoms with Crippen LogP contribution in [0.2, 0.25) is 0 Å². The molecule has 5 rings (SSSR count). The van der Waals surface area contributed by atoms with Crippen molar-refractivity contribution >= 4 is 34.8 Å². The van der Waals surface area contributed by atoms with Crippen LogP contribution in [0.1, 0.15) is 60.8 Å².